The van der Waals surface area contributed by atoms with Gasteiger partial charge >= 0.3 is 5.97 Å². The summed E-state index contributed by atoms with van der Waals surface area (Å²) in [7, 11) is 0. The van der Waals surface area contributed by atoms with Gasteiger partial charge in [-0.15, -0.1) is 0 Å². The van der Waals surface area contributed by atoms with Crippen LogP contribution in [0.1, 0.15) is 36.2 Å². The molecule has 2 saturated carbocycles. The number of aromatic nitrogens is 2. The zero-order valence-electron chi connectivity index (χ0n) is 14.5. The first-order valence-corrected chi connectivity index (χ1v) is 9.07. The van der Waals surface area contributed by atoms with Crippen LogP contribution >= 0.6 is 0 Å². The molecule has 2 fully saturated rings. The molecule has 1 amide bonds. The van der Waals surface area contributed by atoms with Crippen molar-refractivity contribution in [3.63, 3.8) is 0 Å². The molecular formula is C19H22N4O3. The molecule has 7 heteroatoms. The van der Waals surface area contributed by atoms with E-state index < -0.39 is 5.97 Å². The first kappa shape index (κ1) is 16.9. The third-order valence-electron chi connectivity index (χ3n) is 5.17. The molecule has 0 saturated heterocycles. The molecule has 4 rings (SSSR count). The fourth-order valence-electron chi connectivity index (χ4n) is 3.48. The SMILES string of the molecule is O=C(O)CN(CC1CC1)C1CC(NC(=O)c2cnc3ccccc3n2)C1. The predicted molar refractivity (Wildman–Crippen MR) is 95.7 cm³/mol. The van der Waals surface area contributed by atoms with E-state index in [0.29, 0.717) is 17.1 Å². The van der Waals surface area contributed by atoms with Crippen molar-refractivity contribution in [3.8, 4) is 0 Å². The second-order valence-corrected chi connectivity index (χ2v) is 7.31. The van der Waals surface area contributed by atoms with Crippen LogP contribution in [0.25, 0.3) is 11.0 Å². The summed E-state index contributed by atoms with van der Waals surface area (Å²) in [6.45, 7) is 0.936. The van der Waals surface area contributed by atoms with E-state index in [2.05, 4.69) is 20.2 Å². The summed E-state index contributed by atoms with van der Waals surface area (Å²) in [5.74, 6) is -0.362. The van der Waals surface area contributed by atoms with Crippen LogP contribution in [-0.4, -0.2) is 57.0 Å². The molecule has 0 aliphatic heterocycles. The average Bonchev–Trinajstić information content (AvgIpc) is 3.40. The van der Waals surface area contributed by atoms with Gasteiger partial charge in [-0.3, -0.25) is 19.5 Å². The number of carboxylic acids is 1. The zero-order chi connectivity index (χ0) is 18.1. The highest BCUT2D eigenvalue weighted by molar-refractivity contribution is 5.94. The van der Waals surface area contributed by atoms with Gasteiger partial charge in [0, 0.05) is 18.6 Å². The summed E-state index contributed by atoms with van der Waals surface area (Å²) < 4.78 is 0. The van der Waals surface area contributed by atoms with E-state index in [-0.39, 0.29) is 24.5 Å². The van der Waals surface area contributed by atoms with E-state index in [4.69, 9.17) is 5.11 Å². The van der Waals surface area contributed by atoms with Gasteiger partial charge < -0.3 is 10.4 Å². The largest absolute Gasteiger partial charge is 0.480 e. The van der Waals surface area contributed by atoms with Gasteiger partial charge in [0.2, 0.25) is 0 Å². The minimum absolute atomic E-state index is 0.0660. The normalized spacial score (nSPS) is 22.2. The molecule has 0 atom stereocenters. The van der Waals surface area contributed by atoms with Gasteiger partial charge in [-0.25, -0.2) is 4.98 Å². The molecule has 2 N–H and O–H groups in total. The molecule has 1 heterocycles. The summed E-state index contributed by atoms with van der Waals surface area (Å²) in [5.41, 5.74) is 1.77. The fourth-order valence-corrected chi connectivity index (χ4v) is 3.48. The smallest absolute Gasteiger partial charge is 0.317 e. The average molecular weight is 354 g/mol. The highest BCUT2D eigenvalue weighted by Crippen LogP contribution is 2.33. The highest BCUT2D eigenvalue weighted by atomic mass is 16.4. The van der Waals surface area contributed by atoms with Gasteiger partial charge in [0.05, 0.1) is 23.8 Å². The Hall–Kier alpha value is -2.54. The van der Waals surface area contributed by atoms with Crippen LogP contribution in [0.2, 0.25) is 0 Å². The second kappa shape index (κ2) is 6.99. The molecule has 1 aromatic heterocycles. The van der Waals surface area contributed by atoms with Crippen LogP contribution in [-0.2, 0) is 4.79 Å². The molecule has 0 spiro atoms. The maximum atomic E-state index is 12.4. The van der Waals surface area contributed by atoms with Crippen molar-refractivity contribution in [2.45, 2.75) is 37.8 Å². The Balaban J connectivity index is 1.33. The Kier molecular flexibility index (Phi) is 4.55. The minimum atomic E-state index is -0.787. The molecule has 0 bridgehead atoms. The number of fused-ring (bicyclic) bond motifs is 1. The maximum absolute atomic E-state index is 12.4. The number of carboxylic acid groups (broad SMARTS) is 1. The summed E-state index contributed by atoms with van der Waals surface area (Å²) in [6.07, 6.45) is 5.46. The number of amides is 1. The number of nitrogens with zero attached hydrogens (tertiary/aromatic N) is 3. The lowest BCUT2D eigenvalue weighted by Gasteiger charge is -2.42. The number of nitrogens with one attached hydrogen (secondary N) is 1. The van der Waals surface area contributed by atoms with Crippen molar-refractivity contribution >= 4 is 22.9 Å². The van der Waals surface area contributed by atoms with E-state index in [1.807, 2.05) is 24.3 Å². The number of para-hydroxylation sites is 2. The number of carbonyl (C=O) groups is 2. The lowest BCUT2D eigenvalue weighted by molar-refractivity contribution is -0.139. The Morgan fingerprint density at radius 2 is 1.92 bits per heavy atom. The van der Waals surface area contributed by atoms with E-state index in [1.165, 1.54) is 19.0 Å². The number of carbonyl (C=O) groups excluding carboxylic acids is 1. The number of benzene rings is 1. The highest BCUT2D eigenvalue weighted by Gasteiger charge is 2.37. The van der Waals surface area contributed by atoms with Gasteiger partial charge in [-0.05, 0) is 43.7 Å². The first-order chi connectivity index (χ1) is 12.6. The van der Waals surface area contributed by atoms with Gasteiger partial charge in [0.1, 0.15) is 5.69 Å². The second-order valence-electron chi connectivity index (χ2n) is 7.31. The quantitative estimate of drug-likeness (QED) is 0.786. The molecule has 2 aliphatic rings. The maximum Gasteiger partial charge on any atom is 0.317 e. The molecule has 0 unspecified atom stereocenters. The number of hydrogen-bond acceptors (Lipinski definition) is 5. The number of aliphatic carboxylic acids is 1. The molecule has 0 radical (unpaired) electrons. The molecule has 26 heavy (non-hydrogen) atoms. The summed E-state index contributed by atoms with van der Waals surface area (Å²) >= 11 is 0. The molecule has 1 aromatic carbocycles. The number of rotatable bonds is 7. The Bertz CT molecular complexity index is 830. The molecule has 2 aliphatic carbocycles. The lowest BCUT2D eigenvalue weighted by atomic mass is 9.85. The molecule has 2 aromatic rings. The molecular weight excluding hydrogens is 332 g/mol. The Morgan fingerprint density at radius 1 is 1.19 bits per heavy atom. The third-order valence-corrected chi connectivity index (χ3v) is 5.17. The number of hydrogen-bond donors (Lipinski definition) is 2. The van der Waals surface area contributed by atoms with Crippen LogP contribution in [0.4, 0.5) is 0 Å². The topological polar surface area (TPSA) is 95.4 Å². The fraction of sp³-hybridized carbons (Fsp3) is 0.474. The van der Waals surface area contributed by atoms with Gasteiger partial charge in [-0.2, -0.15) is 0 Å². The zero-order valence-corrected chi connectivity index (χ0v) is 14.5. The first-order valence-electron chi connectivity index (χ1n) is 9.07. The Morgan fingerprint density at radius 3 is 2.62 bits per heavy atom. The van der Waals surface area contributed by atoms with Crippen molar-refractivity contribution in [3.05, 3.63) is 36.2 Å². The Labute approximate surface area is 151 Å². The van der Waals surface area contributed by atoms with Crippen molar-refractivity contribution in [2.24, 2.45) is 5.92 Å². The van der Waals surface area contributed by atoms with Crippen LogP contribution in [0, 0.1) is 5.92 Å². The molecule has 7 nitrogen and oxygen atoms in total. The van der Waals surface area contributed by atoms with Crippen LogP contribution in [0.5, 0.6) is 0 Å². The minimum Gasteiger partial charge on any atom is -0.480 e. The third kappa shape index (κ3) is 3.83. The van der Waals surface area contributed by atoms with Crippen molar-refractivity contribution in [1.82, 2.24) is 20.2 Å². The van der Waals surface area contributed by atoms with Gasteiger partial charge in [-0.1, -0.05) is 12.1 Å². The van der Waals surface area contributed by atoms with Crippen molar-refractivity contribution < 1.29 is 14.7 Å². The standard InChI is InChI=1S/C19H22N4O3/c24-18(25)11-23(10-12-5-6-12)14-7-13(8-14)21-19(26)17-9-20-15-3-1-2-4-16(15)22-17/h1-4,9,12-14H,5-8,10-11H2,(H,21,26)(H,24,25). The van der Waals surface area contributed by atoms with E-state index in [9.17, 15) is 9.59 Å². The van der Waals surface area contributed by atoms with Crippen LogP contribution < -0.4 is 5.32 Å². The van der Waals surface area contributed by atoms with Gasteiger partial charge in [0.15, 0.2) is 0 Å². The van der Waals surface area contributed by atoms with Crippen LogP contribution in [0.15, 0.2) is 30.5 Å². The van der Waals surface area contributed by atoms with Crippen LogP contribution in [0.3, 0.4) is 0 Å². The predicted octanol–water partition coefficient (Wildman–Crippen LogP) is 1.69. The van der Waals surface area contributed by atoms with Crippen molar-refractivity contribution in [1.29, 1.82) is 0 Å². The lowest BCUT2D eigenvalue weighted by Crippen LogP contribution is -2.55. The molecule has 136 valence electrons. The summed E-state index contributed by atoms with van der Waals surface area (Å²) in [6, 6.07) is 7.75. The van der Waals surface area contributed by atoms with E-state index >= 15 is 0 Å². The summed E-state index contributed by atoms with van der Waals surface area (Å²) in [4.78, 5) is 34.2. The van der Waals surface area contributed by atoms with Gasteiger partial charge in [0.25, 0.3) is 5.91 Å². The van der Waals surface area contributed by atoms with E-state index in [1.54, 1.807) is 0 Å². The van der Waals surface area contributed by atoms with E-state index in [0.717, 1.165) is 24.9 Å². The monoisotopic (exact) mass is 354 g/mol. The summed E-state index contributed by atoms with van der Waals surface area (Å²) in [5, 5.41) is 12.1. The van der Waals surface area contributed by atoms with Crippen molar-refractivity contribution in [2.75, 3.05) is 13.1 Å².